The topological polar surface area (TPSA) is 66.9 Å². The summed E-state index contributed by atoms with van der Waals surface area (Å²) < 4.78 is 0. The van der Waals surface area contributed by atoms with Crippen molar-refractivity contribution >= 4 is 34.8 Å². The highest BCUT2D eigenvalue weighted by Crippen LogP contribution is 2.30. The van der Waals surface area contributed by atoms with E-state index in [1.807, 2.05) is 18.2 Å². The van der Waals surface area contributed by atoms with Crippen molar-refractivity contribution < 1.29 is 4.79 Å². The lowest BCUT2D eigenvalue weighted by atomic mass is 9.86. The fourth-order valence-corrected chi connectivity index (χ4v) is 2.86. The van der Waals surface area contributed by atoms with Crippen LogP contribution in [0.25, 0.3) is 0 Å². The fourth-order valence-electron chi connectivity index (χ4n) is 2.67. The van der Waals surface area contributed by atoms with Crippen LogP contribution >= 0.6 is 11.6 Å². The van der Waals surface area contributed by atoms with Gasteiger partial charge in [-0.3, -0.25) is 4.79 Å². The van der Waals surface area contributed by atoms with E-state index in [1.165, 1.54) is 0 Å². The molecule has 1 heterocycles. The summed E-state index contributed by atoms with van der Waals surface area (Å²) in [5.41, 5.74) is 2.89. The Morgan fingerprint density at radius 1 is 1.04 bits per heavy atom. The summed E-state index contributed by atoms with van der Waals surface area (Å²) in [4.78, 5) is 21.1. The van der Waals surface area contributed by atoms with Gasteiger partial charge in [-0.1, -0.05) is 56.6 Å². The zero-order valence-corrected chi connectivity index (χ0v) is 16.2. The number of anilines is 3. The first-order valence-corrected chi connectivity index (χ1v) is 8.97. The van der Waals surface area contributed by atoms with Crippen LogP contribution in [0.2, 0.25) is 5.02 Å². The molecule has 0 unspecified atom stereocenters. The molecule has 5 nitrogen and oxygen atoms in total. The van der Waals surface area contributed by atoms with Crippen LogP contribution in [0, 0.1) is 0 Å². The maximum atomic E-state index is 12.5. The molecule has 0 radical (unpaired) electrons. The molecule has 6 heteroatoms. The first-order valence-electron chi connectivity index (χ1n) is 8.59. The molecule has 138 valence electrons. The van der Waals surface area contributed by atoms with Gasteiger partial charge in [0.1, 0.15) is 5.69 Å². The van der Waals surface area contributed by atoms with E-state index < -0.39 is 0 Å². The van der Waals surface area contributed by atoms with E-state index >= 15 is 0 Å². The Morgan fingerprint density at radius 2 is 1.81 bits per heavy atom. The van der Waals surface area contributed by atoms with Crippen molar-refractivity contribution in [1.29, 1.82) is 0 Å². The van der Waals surface area contributed by atoms with Gasteiger partial charge in [-0.25, -0.2) is 9.97 Å². The number of nitrogens with zero attached hydrogens (tertiary/aromatic N) is 2. The van der Waals surface area contributed by atoms with Crippen molar-refractivity contribution in [2.75, 3.05) is 10.6 Å². The van der Waals surface area contributed by atoms with Crippen LogP contribution in [-0.4, -0.2) is 15.9 Å². The molecule has 1 aromatic heterocycles. The van der Waals surface area contributed by atoms with Gasteiger partial charge in [-0.2, -0.15) is 0 Å². The van der Waals surface area contributed by atoms with Crippen LogP contribution in [0.15, 0.2) is 60.8 Å². The number of para-hydroxylation sites is 1. The summed E-state index contributed by atoms with van der Waals surface area (Å²) in [7, 11) is 0. The molecule has 0 atom stereocenters. The van der Waals surface area contributed by atoms with Crippen LogP contribution in [0.5, 0.6) is 0 Å². The average Bonchev–Trinajstić information content (AvgIpc) is 2.61. The van der Waals surface area contributed by atoms with Crippen LogP contribution in [0.1, 0.15) is 36.8 Å². The predicted molar refractivity (Wildman–Crippen MR) is 110 cm³/mol. The number of carbonyl (C=O) groups excluding carboxylic acids is 1. The fraction of sp³-hybridized carbons (Fsp3) is 0.190. The molecule has 0 saturated carbocycles. The molecule has 2 N–H and O–H groups in total. The third-order valence-electron chi connectivity index (χ3n) is 3.95. The molecular weight excluding hydrogens is 360 g/mol. The number of amides is 1. The summed E-state index contributed by atoms with van der Waals surface area (Å²) in [6, 6.07) is 16.5. The first-order chi connectivity index (χ1) is 12.8. The molecule has 0 aliphatic rings. The largest absolute Gasteiger partial charge is 0.324 e. The van der Waals surface area contributed by atoms with E-state index in [-0.39, 0.29) is 17.0 Å². The molecule has 0 aliphatic heterocycles. The van der Waals surface area contributed by atoms with Gasteiger partial charge in [0, 0.05) is 22.6 Å². The molecular formula is C21H21ClN4O. The Labute approximate surface area is 163 Å². The number of nitrogens with one attached hydrogen (secondary N) is 2. The highest BCUT2D eigenvalue weighted by Gasteiger charge is 2.18. The summed E-state index contributed by atoms with van der Waals surface area (Å²) in [6.45, 7) is 6.43. The number of halogens is 1. The average molecular weight is 381 g/mol. The normalized spacial score (nSPS) is 11.1. The highest BCUT2D eigenvalue weighted by atomic mass is 35.5. The van der Waals surface area contributed by atoms with Gasteiger partial charge in [-0.15, -0.1) is 0 Å². The molecule has 0 fully saturated rings. The number of aromatic nitrogens is 2. The van der Waals surface area contributed by atoms with E-state index in [0.29, 0.717) is 16.7 Å². The van der Waals surface area contributed by atoms with Gasteiger partial charge in [0.05, 0.1) is 0 Å². The van der Waals surface area contributed by atoms with Crippen molar-refractivity contribution in [3.05, 3.63) is 77.1 Å². The number of hydrogen-bond acceptors (Lipinski definition) is 4. The molecule has 0 aliphatic carbocycles. The van der Waals surface area contributed by atoms with E-state index in [1.54, 1.807) is 36.5 Å². The zero-order valence-electron chi connectivity index (χ0n) is 15.5. The third-order valence-corrected chi connectivity index (χ3v) is 4.19. The van der Waals surface area contributed by atoms with Gasteiger partial charge in [-0.05, 0) is 41.3 Å². The Hall–Kier alpha value is -2.92. The Morgan fingerprint density at radius 3 is 2.56 bits per heavy atom. The number of carbonyl (C=O) groups is 1. The molecule has 1 amide bonds. The van der Waals surface area contributed by atoms with Gasteiger partial charge in [0.25, 0.3) is 5.91 Å². The van der Waals surface area contributed by atoms with E-state index in [0.717, 1.165) is 11.3 Å². The van der Waals surface area contributed by atoms with Gasteiger partial charge < -0.3 is 10.6 Å². The lowest BCUT2D eigenvalue weighted by Gasteiger charge is -2.23. The van der Waals surface area contributed by atoms with Gasteiger partial charge in [0.2, 0.25) is 5.95 Å². The summed E-state index contributed by atoms with van der Waals surface area (Å²) in [5.74, 6) is 0.0391. The zero-order chi connectivity index (χ0) is 19.4. The predicted octanol–water partition coefficient (Wildman–Crippen LogP) is 5.42. The maximum Gasteiger partial charge on any atom is 0.274 e. The van der Waals surface area contributed by atoms with Crippen LogP contribution < -0.4 is 10.6 Å². The maximum absolute atomic E-state index is 12.5. The van der Waals surface area contributed by atoms with E-state index in [4.69, 9.17) is 11.6 Å². The minimum absolute atomic E-state index is 0.0366. The smallest absolute Gasteiger partial charge is 0.274 e. The minimum Gasteiger partial charge on any atom is -0.324 e. The van der Waals surface area contributed by atoms with Crippen LogP contribution in [-0.2, 0) is 5.41 Å². The Kier molecular flexibility index (Phi) is 5.42. The highest BCUT2D eigenvalue weighted by molar-refractivity contribution is 6.30. The third kappa shape index (κ3) is 4.83. The van der Waals surface area contributed by atoms with Crippen molar-refractivity contribution in [3.8, 4) is 0 Å². The molecule has 3 rings (SSSR count). The molecule has 0 bridgehead atoms. The van der Waals surface area contributed by atoms with Gasteiger partial charge in [0.15, 0.2) is 0 Å². The Balaban J connectivity index is 1.81. The van der Waals surface area contributed by atoms with Gasteiger partial charge >= 0.3 is 0 Å². The second-order valence-electron chi connectivity index (χ2n) is 7.15. The lowest BCUT2D eigenvalue weighted by Crippen LogP contribution is -2.16. The molecule has 0 saturated heterocycles. The van der Waals surface area contributed by atoms with Crippen molar-refractivity contribution in [2.45, 2.75) is 26.2 Å². The summed E-state index contributed by atoms with van der Waals surface area (Å²) >= 11 is 5.95. The second-order valence-corrected chi connectivity index (χ2v) is 7.59. The second kappa shape index (κ2) is 7.76. The number of rotatable bonds is 4. The molecule has 27 heavy (non-hydrogen) atoms. The Bertz CT molecular complexity index is 966. The lowest BCUT2D eigenvalue weighted by molar-refractivity contribution is 0.102. The summed E-state index contributed by atoms with van der Waals surface area (Å²) in [6.07, 6.45) is 1.56. The molecule has 3 aromatic rings. The van der Waals surface area contributed by atoms with Crippen LogP contribution in [0.4, 0.5) is 17.3 Å². The number of benzene rings is 2. The van der Waals surface area contributed by atoms with E-state index in [2.05, 4.69) is 47.4 Å². The monoisotopic (exact) mass is 380 g/mol. The quantitative estimate of drug-likeness (QED) is 0.633. The first kappa shape index (κ1) is 18.9. The molecule has 2 aromatic carbocycles. The number of hydrogen-bond donors (Lipinski definition) is 2. The standard InChI is InChI=1S/C21H21ClN4O/c1-21(2,3)16-9-4-5-10-17(16)25-20-23-12-11-18(26-20)19(27)24-15-8-6-7-14(22)13-15/h4-13H,1-3H3,(H,24,27)(H,23,25,26). The van der Waals surface area contributed by atoms with Crippen LogP contribution in [0.3, 0.4) is 0 Å². The SMILES string of the molecule is CC(C)(C)c1ccccc1Nc1nccc(C(=O)Nc2cccc(Cl)c2)n1. The van der Waals surface area contributed by atoms with E-state index in [9.17, 15) is 4.79 Å². The van der Waals surface area contributed by atoms with Crippen molar-refractivity contribution in [2.24, 2.45) is 0 Å². The van der Waals surface area contributed by atoms with Crippen molar-refractivity contribution in [3.63, 3.8) is 0 Å². The summed E-state index contributed by atoms with van der Waals surface area (Å²) in [5, 5.41) is 6.56. The minimum atomic E-state index is -0.327. The van der Waals surface area contributed by atoms with Crippen molar-refractivity contribution in [1.82, 2.24) is 9.97 Å². The molecule has 0 spiro atoms.